The van der Waals surface area contributed by atoms with Crippen LogP contribution in [0.15, 0.2) is 12.1 Å². The van der Waals surface area contributed by atoms with Crippen LogP contribution in [-0.4, -0.2) is 47.3 Å². The highest BCUT2D eigenvalue weighted by atomic mass is 16.5. The van der Waals surface area contributed by atoms with Crippen molar-refractivity contribution < 1.29 is 4.74 Å². The first-order chi connectivity index (χ1) is 10.2. The smallest absolute Gasteiger partial charge is 0.123 e. The molecule has 0 unspecified atom stereocenters. The summed E-state index contributed by atoms with van der Waals surface area (Å²) in [6.07, 6.45) is 0. The van der Waals surface area contributed by atoms with E-state index in [2.05, 4.69) is 35.4 Å². The van der Waals surface area contributed by atoms with Gasteiger partial charge in [0, 0.05) is 26.2 Å². The van der Waals surface area contributed by atoms with E-state index in [1.807, 2.05) is 0 Å². The Balaban J connectivity index is 1.86. The lowest BCUT2D eigenvalue weighted by Gasteiger charge is -2.27. The lowest BCUT2D eigenvalue weighted by Crippen LogP contribution is -2.38. The van der Waals surface area contributed by atoms with Gasteiger partial charge in [0.25, 0.3) is 0 Å². The first-order valence-electron chi connectivity index (χ1n) is 7.65. The topological polar surface area (TPSA) is 56.3 Å². The van der Waals surface area contributed by atoms with Crippen LogP contribution in [0.5, 0.6) is 0 Å². The zero-order valence-electron chi connectivity index (χ0n) is 12.9. The summed E-state index contributed by atoms with van der Waals surface area (Å²) in [5, 5.41) is 0. The van der Waals surface area contributed by atoms with Gasteiger partial charge in [0.1, 0.15) is 5.82 Å². The van der Waals surface area contributed by atoms with E-state index in [1.165, 1.54) is 16.6 Å². The number of rotatable bonds is 4. The van der Waals surface area contributed by atoms with Crippen LogP contribution in [0.1, 0.15) is 17.0 Å². The summed E-state index contributed by atoms with van der Waals surface area (Å²) in [6.45, 7) is 10.4. The average molecular weight is 288 g/mol. The van der Waals surface area contributed by atoms with E-state index < -0.39 is 0 Å². The molecule has 0 aliphatic carbocycles. The second-order valence-electron chi connectivity index (χ2n) is 5.76. The quantitative estimate of drug-likeness (QED) is 0.925. The molecule has 1 aromatic carbocycles. The molecule has 1 aliphatic heterocycles. The second-order valence-corrected chi connectivity index (χ2v) is 5.76. The minimum Gasteiger partial charge on any atom is -0.379 e. The Labute approximate surface area is 125 Å². The summed E-state index contributed by atoms with van der Waals surface area (Å²) in [6, 6.07) is 4.39. The predicted octanol–water partition coefficient (Wildman–Crippen LogP) is 1.44. The lowest BCUT2D eigenvalue weighted by atomic mass is 10.1. The number of nitrogens with two attached hydrogens (primary N) is 1. The first kappa shape index (κ1) is 14.5. The van der Waals surface area contributed by atoms with E-state index >= 15 is 0 Å². The minimum absolute atomic E-state index is 0.482. The Morgan fingerprint density at radius 1 is 1.14 bits per heavy atom. The van der Waals surface area contributed by atoms with Gasteiger partial charge in [-0.3, -0.25) is 4.90 Å². The van der Waals surface area contributed by atoms with Crippen LogP contribution in [0, 0.1) is 13.8 Å². The highest BCUT2D eigenvalue weighted by Crippen LogP contribution is 2.21. The highest BCUT2D eigenvalue weighted by Gasteiger charge is 2.14. The molecule has 2 heterocycles. The van der Waals surface area contributed by atoms with E-state index in [0.717, 1.165) is 50.7 Å². The number of aryl methyl sites for hydroxylation is 2. The number of imidazole rings is 1. The summed E-state index contributed by atoms with van der Waals surface area (Å²) >= 11 is 0. The van der Waals surface area contributed by atoms with Crippen LogP contribution < -0.4 is 5.73 Å². The molecule has 5 nitrogen and oxygen atoms in total. The maximum absolute atomic E-state index is 5.88. The van der Waals surface area contributed by atoms with Crippen LogP contribution in [0.25, 0.3) is 11.0 Å². The number of aromatic nitrogens is 2. The molecule has 0 spiro atoms. The van der Waals surface area contributed by atoms with Crippen molar-refractivity contribution in [3.63, 3.8) is 0 Å². The van der Waals surface area contributed by atoms with Gasteiger partial charge in [0.05, 0.1) is 30.8 Å². The van der Waals surface area contributed by atoms with Gasteiger partial charge in [-0.2, -0.15) is 0 Å². The van der Waals surface area contributed by atoms with Crippen LogP contribution in [0.4, 0.5) is 0 Å². The van der Waals surface area contributed by atoms with Gasteiger partial charge < -0.3 is 15.0 Å². The van der Waals surface area contributed by atoms with Gasteiger partial charge in [0.2, 0.25) is 0 Å². The molecule has 0 bridgehead atoms. The third-order valence-corrected chi connectivity index (χ3v) is 4.37. The number of nitrogens with zero attached hydrogens (tertiary/aromatic N) is 3. The van der Waals surface area contributed by atoms with Gasteiger partial charge in [-0.05, 0) is 37.1 Å². The standard InChI is InChI=1S/C16H24N4O/c1-12-9-14-15(10-13(12)2)20(16(11-17)18-14)4-3-19-5-7-21-8-6-19/h9-10H,3-8,11,17H2,1-2H3. The molecule has 2 aromatic rings. The fourth-order valence-corrected chi connectivity index (χ4v) is 2.90. The predicted molar refractivity (Wildman–Crippen MR) is 84.4 cm³/mol. The average Bonchev–Trinajstić information content (AvgIpc) is 2.83. The van der Waals surface area contributed by atoms with Crippen LogP contribution in [0.3, 0.4) is 0 Å². The SMILES string of the molecule is Cc1cc2nc(CN)n(CCN3CCOCC3)c2cc1C. The van der Waals surface area contributed by atoms with Gasteiger partial charge in [-0.1, -0.05) is 0 Å². The molecular weight excluding hydrogens is 264 g/mol. The van der Waals surface area contributed by atoms with Crippen molar-refractivity contribution in [2.24, 2.45) is 5.73 Å². The number of hydrogen-bond acceptors (Lipinski definition) is 4. The molecule has 0 amide bonds. The Morgan fingerprint density at radius 2 is 1.86 bits per heavy atom. The lowest BCUT2D eigenvalue weighted by molar-refractivity contribution is 0.0364. The fraction of sp³-hybridized carbons (Fsp3) is 0.562. The van der Waals surface area contributed by atoms with E-state index in [9.17, 15) is 0 Å². The number of morpholine rings is 1. The van der Waals surface area contributed by atoms with Gasteiger partial charge in [-0.15, -0.1) is 0 Å². The van der Waals surface area contributed by atoms with Crippen molar-refractivity contribution in [3.05, 3.63) is 29.1 Å². The van der Waals surface area contributed by atoms with Crippen LogP contribution in [-0.2, 0) is 17.8 Å². The molecular formula is C16H24N4O. The van der Waals surface area contributed by atoms with Crippen molar-refractivity contribution in [2.75, 3.05) is 32.8 Å². The van der Waals surface area contributed by atoms with Crippen molar-refractivity contribution in [1.29, 1.82) is 0 Å². The zero-order chi connectivity index (χ0) is 14.8. The molecule has 0 atom stereocenters. The van der Waals surface area contributed by atoms with Crippen molar-refractivity contribution in [3.8, 4) is 0 Å². The molecule has 21 heavy (non-hydrogen) atoms. The van der Waals surface area contributed by atoms with Crippen LogP contribution in [0.2, 0.25) is 0 Å². The Kier molecular flexibility index (Phi) is 4.24. The molecule has 3 rings (SSSR count). The maximum Gasteiger partial charge on any atom is 0.123 e. The molecule has 1 fully saturated rings. The van der Waals surface area contributed by atoms with E-state index in [1.54, 1.807) is 0 Å². The normalized spacial score (nSPS) is 16.7. The van der Waals surface area contributed by atoms with E-state index in [0.29, 0.717) is 6.54 Å². The van der Waals surface area contributed by atoms with E-state index in [-0.39, 0.29) is 0 Å². The largest absolute Gasteiger partial charge is 0.379 e. The Bertz CT molecular complexity index is 629. The first-order valence-corrected chi connectivity index (χ1v) is 7.65. The number of ether oxygens (including phenoxy) is 1. The summed E-state index contributed by atoms with van der Waals surface area (Å²) in [5.74, 6) is 0.975. The maximum atomic E-state index is 5.88. The Hall–Kier alpha value is -1.43. The monoisotopic (exact) mass is 288 g/mol. The van der Waals surface area contributed by atoms with E-state index in [4.69, 9.17) is 15.5 Å². The highest BCUT2D eigenvalue weighted by molar-refractivity contribution is 5.78. The molecule has 1 aromatic heterocycles. The molecule has 1 saturated heterocycles. The molecule has 114 valence electrons. The van der Waals surface area contributed by atoms with Crippen LogP contribution >= 0.6 is 0 Å². The summed E-state index contributed by atoms with van der Waals surface area (Å²) in [4.78, 5) is 7.13. The number of hydrogen-bond donors (Lipinski definition) is 1. The third kappa shape index (κ3) is 2.95. The second kappa shape index (κ2) is 6.13. The summed E-state index contributed by atoms with van der Waals surface area (Å²) in [5.41, 5.74) is 10.7. The minimum atomic E-state index is 0.482. The third-order valence-electron chi connectivity index (χ3n) is 4.37. The zero-order valence-corrected chi connectivity index (χ0v) is 12.9. The van der Waals surface area contributed by atoms with Crippen molar-refractivity contribution in [1.82, 2.24) is 14.5 Å². The van der Waals surface area contributed by atoms with Crippen molar-refractivity contribution in [2.45, 2.75) is 26.9 Å². The molecule has 2 N–H and O–H groups in total. The van der Waals surface area contributed by atoms with Gasteiger partial charge in [0.15, 0.2) is 0 Å². The molecule has 1 aliphatic rings. The van der Waals surface area contributed by atoms with Gasteiger partial charge in [-0.25, -0.2) is 4.98 Å². The summed E-state index contributed by atoms with van der Waals surface area (Å²) in [7, 11) is 0. The molecule has 0 saturated carbocycles. The number of benzene rings is 1. The number of fused-ring (bicyclic) bond motifs is 1. The molecule has 5 heteroatoms. The summed E-state index contributed by atoms with van der Waals surface area (Å²) < 4.78 is 7.68. The Morgan fingerprint density at radius 3 is 2.57 bits per heavy atom. The van der Waals surface area contributed by atoms with Gasteiger partial charge >= 0.3 is 0 Å². The van der Waals surface area contributed by atoms with Crippen molar-refractivity contribution >= 4 is 11.0 Å². The molecule has 0 radical (unpaired) electrons. The fourth-order valence-electron chi connectivity index (χ4n) is 2.90.